The van der Waals surface area contributed by atoms with Crippen LogP contribution in [-0.4, -0.2) is 23.1 Å². The molecule has 0 spiro atoms. The summed E-state index contributed by atoms with van der Waals surface area (Å²) in [5.41, 5.74) is 0.147. The van der Waals surface area contributed by atoms with Crippen LogP contribution in [0.2, 0.25) is 0 Å². The number of carbonyl (C=O) groups excluding carboxylic acids is 1. The van der Waals surface area contributed by atoms with Crippen molar-refractivity contribution >= 4 is 13.2 Å². The maximum absolute atomic E-state index is 11.1. The maximum atomic E-state index is 11.1. The highest BCUT2D eigenvalue weighted by molar-refractivity contribution is 6.36. The van der Waals surface area contributed by atoms with Gasteiger partial charge in [-0.05, 0) is 12.1 Å². The molecule has 72 valence electrons. The van der Waals surface area contributed by atoms with Gasteiger partial charge in [0.25, 0.3) is 0 Å². The van der Waals surface area contributed by atoms with E-state index in [-0.39, 0.29) is 5.56 Å². The summed E-state index contributed by atoms with van der Waals surface area (Å²) in [6, 6.07) is 7.69. The van der Waals surface area contributed by atoms with Crippen LogP contribution in [0.5, 0.6) is 0 Å². The minimum absolute atomic E-state index is 0.147. The molecule has 1 aromatic carbocycles. The van der Waals surface area contributed by atoms with Crippen LogP contribution >= 0.6 is 0 Å². The lowest BCUT2D eigenvalue weighted by Gasteiger charge is -1.99. The zero-order valence-electron chi connectivity index (χ0n) is 6.99. The molecule has 1 rings (SSSR count). The molecule has 0 aromatic heterocycles. The monoisotopic (exact) mass is 195 g/mol. The smallest absolute Gasteiger partial charge is 0.439 e. The van der Waals surface area contributed by atoms with Crippen LogP contribution in [-0.2, 0) is 4.65 Å². The Labute approximate surface area is 79.4 Å². The molecule has 14 heavy (non-hydrogen) atoms. The highest BCUT2D eigenvalue weighted by atomic mass is 16.7. The Bertz CT molecular complexity index is 341. The Balaban J connectivity index is 2.64. The summed E-state index contributed by atoms with van der Waals surface area (Å²) >= 11 is 0. The fourth-order valence-corrected chi connectivity index (χ4v) is 0.781. The summed E-state index contributed by atoms with van der Waals surface area (Å²) < 4.78 is 4.12. The zero-order chi connectivity index (χ0) is 10.6. The molecule has 0 aliphatic heterocycles. The minimum atomic E-state index is -2.32. The number of rotatable bonds is 3. The van der Waals surface area contributed by atoms with Crippen LogP contribution in [0, 0.1) is 10.1 Å². The number of hydrogen-bond donors (Lipinski definition) is 1. The molecule has 0 aliphatic rings. The second-order valence-corrected chi connectivity index (χ2v) is 2.38. The van der Waals surface area contributed by atoms with Gasteiger partial charge >= 0.3 is 13.2 Å². The van der Waals surface area contributed by atoms with Gasteiger partial charge in [0.15, 0.2) is 0 Å². The Morgan fingerprint density at radius 2 is 2.00 bits per heavy atom. The number of nitrogens with zero attached hydrogens (tertiary/aromatic N) is 1. The van der Waals surface area contributed by atoms with Crippen LogP contribution in [0.25, 0.3) is 0 Å². The van der Waals surface area contributed by atoms with Crippen molar-refractivity contribution in [2.45, 2.75) is 0 Å². The Hall–Kier alpha value is -1.89. The van der Waals surface area contributed by atoms with Crippen LogP contribution in [0.4, 0.5) is 0 Å². The van der Waals surface area contributed by atoms with Gasteiger partial charge in [0, 0.05) is 4.83 Å². The maximum Gasteiger partial charge on any atom is 0.975 e. The van der Waals surface area contributed by atoms with Crippen molar-refractivity contribution in [3.63, 3.8) is 0 Å². The van der Waals surface area contributed by atoms with Crippen molar-refractivity contribution in [1.29, 1.82) is 0 Å². The first-order valence-electron chi connectivity index (χ1n) is 3.69. The van der Waals surface area contributed by atoms with E-state index in [1.54, 1.807) is 18.2 Å². The van der Waals surface area contributed by atoms with Crippen molar-refractivity contribution in [2.75, 3.05) is 0 Å². The molecule has 0 amide bonds. The molecule has 1 N–H and O–H groups in total. The molecule has 7 heteroatoms. The van der Waals surface area contributed by atoms with E-state index in [0.717, 1.165) is 0 Å². The van der Waals surface area contributed by atoms with Gasteiger partial charge in [0.1, 0.15) is 0 Å². The Morgan fingerprint density at radius 1 is 1.43 bits per heavy atom. The lowest BCUT2D eigenvalue weighted by Crippen LogP contribution is -2.31. The van der Waals surface area contributed by atoms with E-state index in [0.29, 0.717) is 0 Å². The van der Waals surface area contributed by atoms with Crippen LogP contribution < -0.4 is 0 Å². The second-order valence-electron chi connectivity index (χ2n) is 2.38. The van der Waals surface area contributed by atoms with E-state index < -0.39 is 18.1 Å². The standard InChI is InChI=1S/C7H6BNO5/c10-7(14-8(11)9(12)13)6-4-2-1-3-5-6/h1-5,11H. The van der Waals surface area contributed by atoms with Crippen molar-refractivity contribution in [2.24, 2.45) is 0 Å². The van der Waals surface area contributed by atoms with Crippen LogP contribution in [0.3, 0.4) is 0 Å². The SMILES string of the molecule is O=C(OB(O)[N+](=O)[O-])c1ccccc1. The molecule has 6 nitrogen and oxygen atoms in total. The topological polar surface area (TPSA) is 89.7 Å². The first-order chi connectivity index (χ1) is 6.61. The molecular formula is C7H6BNO5. The van der Waals surface area contributed by atoms with E-state index in [4.69, 9.17) is 5.02 Å². The molecule has 0 unspecified atom stereocenters. The largest absolute Gasteiger partial charge is 0.975 e. The van der Waals surface area contributed by atoms with E-state index in [1.165, 1.54) is 12.1 Å². The summed E-state index contributed by atoms with van der Waals surface area (Å²) in [5, 5.41) is 18.6. The molecule has 0 saturated carbocycles. The third-order valence-corrected chi connectivity index (χ3v) is 1.40. The highest BCUT2D eigenvalue weighted by Gasteiger charge is 2.39. The fourth-order valence-electron chi connectivity index (χ4n) is 0.781. The zero-order valence-corrected chi connectivity index (χ0v) is 6.99. The number of carbonyl (C=O) groups is 1. The van der Waals surface area contributed by atoms with Gasteiger partial charge in [-0.25, -0.2) is 4.79 Å². The highest BCUT2D eigenvalue weighted by Crippen LogP contribution is 2.01. The summed E-state index contributed by atoms with van der Waals surface area (Å²) in [4.78, 5) is 19.9. The van der Waals surface area contributed by atoms with Gasteiger partial charge in [-0.3, -0.25) is 10.1 Å². The molecule has 0 atom stereocenters. The molecule has 0 radical (unpaired) electrons. The third-order valence-electron chi connectivity index (χ3n) is 1.40. The Morgan fingerprint density at radius 3 is 2.50 bits per heavy atom. The predicted octanol–water partition coefficient (Wildman–Crippen LogP) is 0.0973. The quantitative estimate of drug-likeness (QED) is 0.419. The average Bonchev–Trinajstić information content (AvgIpc) is 2.19. The average molecular weight is 195 g/mol. The van der Waals surface area contributed by atoms with E-state index in [9.17, 15) is 14.9 Å². The number of hydrogen-bond acceptors (Lipinski definition) is 5. The van der Waals surface area contributed by atoms with E-state index in [1.807, 2.05) is 0 Å². The number of nitro groups is 1. The molecule has 0 bridgehead atoms. The van der Waals surface area contributed by atoms with Gasteiger partial charge in [-0.1, -0.05) is 18.2 Å². The molecule has 0 aliphatic carbocycles. The van der Waals surface area contributed by atoms with Gasteiger partial charge in [-0.2, -0.15) is 0 Å². The van der Waals surface area contributed by atoms with Crippen LogP contribution in [0.1, 0.15) is 10.4 Å². The van der Waals surface area contributed by atoms with Crippen LogP contribution in [0.15, 0.2) is 30.3 Å². The lowest BCUT2D eigenvalue weighted by molar-refractivity contribution is -0.365. The molecular weight excluding hydrogens is 189 g/mol. The van der Waals surface area contributed by atoms with Gasteiger partial charge < -0.3 is 9.68 Å². The van der Waals surface area contributed by atoms with Gasteiger partial charge in [0.05, 0.1) is 5.56 Å². The molecule has 0 saturated heterocycles. The van der Waals surface area contributed by atoms with Crippen molar-refractivity contribution < 1.29 is 19.3 Å². The summed E-state index contributed by atoms with van der Waals surface area (Å²) in [6.07, 6.45) is 0. The first-order valence-corrected chi connectivity index (χ1v) is 3.69. The molecule has 0 heterocycles. The second kappa shape index (κ2) is 4.38. The van der Waals surface area contributed by atoms with Crippen molar-refractivity contribution in [1.82, 2.24) is 0 Å². The van der Waals surface area contributed by atoms with E-state index in [2.05, 4.69) is 4.65 Å². The first kappa shape index (κ1) is 10.2. The summed E-state index contributed by atoms with van der Waals surface area (Å²) in [5.74, 6) is -0.935. The van der Waals surface area contributed by atoms with E-state index >= 15 is 0 Å². The number of benzene rings is 1. The summed E-state index contributed by atoms with van der Waals surface area (Å²) in [7, 11) is -2.32. The predicted molar refractivity (Wildman–Crippen MR) is 46.8 cm³/mol. The fraction of sp³-hybridized carbons (Fsp3) is 0. The molecule has 0 fully saturated rings. The van der Waals surface area contributed by atoms with Crippen molar-refractivity contribution in [3.8, 4) is 0 Å². The Kier molecular flexibility index (Phi) is 3.19. The third kappa shape index (κ3) is 2.56. The van der Waals surface area contributed by atoms with Crippen molar-refractivity contribution in [3.05, 3.63) is 46.0 Å². The van der Waals surface area contributed by atoms with Gasteiger partial charge in [0.2, 0.25) is 0 Å². The minimum Gasteiger partial charge on any atom is -0.439 e. The lowest BCUT2D eigenvalue weighted by atomic mass is 10.1. The van der Waals surface area contributed by atoms with Gasteiger partial charge in [-0.15, -0.1) is 0 Å². The summed E-state index contributed by atoms with van der Waals surface area (Å²) in [6.45, 7) is 0. The molecule has 1 aromatic rings. The normalized spacial score (nSPS) is 9.21.